The van der Waals surface area contributed by atoms with E-state index in [1.165, 1.54) is 32.5 Å². The first-order valence-electron chi connectivity index (χ1n) is 7.51. The van der Waals surface area contributed by atoms with Gasteiger partial charge < -0.3 is 10.2 Å². The molecular weight excluding hydrogens is 222 g/mol. The molecule has 1 atom stereocenters. The maximum Gasteiger partial charge on any atom is 0.0252 e. The largest absolute Gasteiger partial charge is 0.309 e. The smallest absolute Gasteiger partial charge is 0.0252 e. The lowest BCUT2D eigenvalue weighted by atomic mass is 9.99. The molecule has 0 saturated carbocycles. The van der Waals surface area contributed by atoms with Crippen molar-refractivity contribution in [2.75, 3.05) is 33.2 Å². The van der Waals surface area contributed by atoms with Gasteiger partial charge in [-0.25, -0.2) is 0 Å². The van der Waals surface area contributed by atoms with Crippen LogP contribution in [-0.4, -0.2) is 60.6 Å². The highest BCUT2D eigenvalue weighted by atomic mass is 15.2. The van der Waals surface area contributed by atoms with Crippen LogP contribution in [0.1, 0.15) is 47.5 Å². The van der Waals surface area contributed by atoms with Crippen molar-refractivity contribution in [1.82, 2.24) is 15.1 Å². The lowest BCUT2D eigenvalue weighted by Crippen LogP contribution is -2.60. The molecule has 0 bridgehead atoms. The highest BCUT2D eigenvalue weighted by molar-refractivity contribution is 4.90. The summed E-state index contributed by atoms with van der Waals surface area (Å²) in [5, 5.41) is 3.61. The van der Waals surface area contributed by atoms with Gasteiger partial charge >= 0.3 is 0 Å². The fraction of sp³-hybridized carbons (Fsp3) is 1.00. The average molecular weight is 255 g/mol. The number of rotatable bonds is 6. The molecule has 3 heteroatoms. The van der Waals surface area contributed by atoms with Crippen molar-refractivity contribution in [1.29, 1.82) is 0 Å². The highest BCUT2D eigenvalue weighted by Crippen LogP contribution is 2.15. The number of hydrogen-bond donors (Lipinski definition) is 1. The number of nitrogens with zero attached hydrogens (tertiary/aromatic N) is 2. The van der Waals surface area contributed by atoms with Gasteiger partial charge in [-0.05, 0) is 67.6 Å². The van der Waals surface area contributed by atoms with Gasteiger partial charge in [-0.2, -0.15) is 0 Å². The molecule has 1 heterocycles. The zero-order valence-electron chi connectivity index (χ0n) is 13.3. The quantitative estimate of drug-likeness (QED) is 0.734. The third kappa shape index (κ3) is 5.25. The topological polar surface area (TPSA) is 18.5 Å². The SMILES string of the molecule is CC(C)N(C)CCCCN1CC(C)(C)NCC1C. The Balaban J connectivity index is 2.22. The molecule has 0 aliphatic carbocycles. The van der Waals surface area contributed by atoms with E-state index in [2.05, 4.69) is 56.8 Å². The summed E-state index contributed by atoms with van der Waals surface area (Å²) in [6.45, 7) is 16.2. The number of unbranched alkanes of at least 4 members (excludes halogenated alkanes) is 1. The normalized spacial score (nSPS) is 25.0. The molecule has 18 heavy (non-hydrogen) atoms. The summed E-state index contributed by atoms with van der Waals surface area (Å²) in [7, 11) is 2.22. The molecular formula is C15H33N3. The molecule has 0 spiro atoms. The zero-order chi connectivity index (χ0) is 13.8. The zero-order valence-corrected chi connectivity index (χ0v) is 13.3. The number of piperazine rings is 1. The van der Waals surface area contributed by atoms with Gasteiger partial charge in [0, 0.05) is 30.7 Å². The van der Waals surface area contributed by atoms with Crippen LogP contribution < -0.4 is 5.32 Å². The van der Waals surface area contributed by atoms with Crippen LogP contribution in [0.15, 0.2) is 0 Å². The summed E-state index contributed by atoms with van der Waals surface area (Å²) in [5.74, 6) is 0. The van der Waals surface area contributed by atoms with E-state index >= 15 is 0 Å². The maximum atomic E-state index is 3.61. The van der Waals surface area contributed by atoms with E-state index in [1.54, 1.807) is 0 Å². The summed E-state index contributed by atoms with van der Waals surface area (Å²) in [4.78, 5) is 5.08. The van der Waals surface area contributed by atoms with Gasteiger partial charge in [0.1, 0.15) is 0 Å². The fourth-order valence-corrected chi connectivity index (χ4v) is 2.51. The summed E-state index contributed by atoms with van der Waals surface area (Å²) in [6, 6.07) is 1.35. The van der Waals surface area contributed by atoms with Crippen molar-refractivity contribution in [3.8, 4) is 0 Å². The average Bonchev–Trinajstić information content (AvgIpc) is 2.28. The minimum atomic E-state index is 0.279. The summed E-state index contributed by atoms with van der Waals surface area (Å²) < 4.78 is 0. The molecule has 1 aliphatic rings. The van der Waals surface area contributed by atoms with Gasteiger partial charge in [0.2, 0.25) is 0 Å². The molecule has 1 N–H and O–H groups in total. The van der Waals surface area contributed by atoms with E-state index in [9.17, 15) is 0 Å². The van der Waals surface area contributed by atoms with Crippen LogP contribution in [0.4, 0.5) is 0 Å². The molecule has 0 aromatic heterocycles. The standard InChI is InChI=1S/C15H33N3/c1-13(2)17(6)9-7-8-10-18-12-15(4,5)16-11-14(18)3/h13-14,16H,7-12H2,1-6H3. The number of nitrogens with one attached hydrogen (secondary N) is 1. The van der Waals surface area contributed by atoms with E-state index in [-0.39, 0.29) is 5.54 Å². The van der Waals surface area contributed by atoms with Gasteiger partial charge in [-0.1, -0.05) is 0 Å². The Kier molecular flexibility index (Phi) is 6.09. The lowest BCUT2D eigenvalue weighted by Gasteiger charge is -2.43. The van der Waals surface area contributed by atoms with Gasteiger partial charge in [0.25, 0.3) is 0 Å². The first-order valence-corrected chi connectivity index (χ1v) is 7.51. The van der Waals surface area contributed by atoms with Crippen LogP contribution in [0.3, 0.4) is 0 Å². The second kappa shape index (κ2) is 6.88. The van der Waals surface area contributed by atoms with Crippen molar-refractivity contribution >= 4 is 0 Å². The Morgan fingerprint density at radius 1 is 1.33 bits per heavy atom. The lowest BCUT2D eigenvalue weighted by molar-refractivity contribution is 0.102. The Morgan fingerprint density at radius 2 is 2.00 bits per heavy atom. The number of hydrogen-bond acceptors (Lipinski definition) is 3. The molecule has 1 rings (SSSR count). The Morgan fingerprint density at radius 3 is 2.61 bits per heavy atom. The van der Waals surface area contributed by atoms with Crippen LogP contribution >= 0.6 is 0 Å². The summed E-state index contributed by atoms with van der Waals surface area (Å²) >= 11 is 0. The second-order valence-electron chi connectivity index (χ2n) is 6.87. The van der Waals surface area contributed by atoms with Gasteiger partial charge in [-0.3, -0.25) is 4.90 Å². The second-order valence-corrected chi connectivity index (χ2v) is 6.87. The highest BCUT2D eigenvalue weighted by Gasteiger charge is 2.29. The monoisotopic (exact) mass is 255 g/mol. The molecule has 0 radical (unpaired) electrons. The minimum absolute atomic E-state index is 0.279. The summed E-state index contributed by atoms with van der Waals surface area (Å²) in [6.07, 6.45) is 2.63. The van der Waals surface area contributed by atoms with E-state index in [4.69, 9.17) is 0 Å². The molecule has 1 fully saturated rings. The van der Waals surface area contributed by atoms with Crippen molar-refractivity contribution in [2.24, 2.45) is 0 Å². The van der Waals surface area contributed by atoms with Crippen LogP contribution in [0.5, 0.6) is 0 Å². The first-order chi connectivity index (χ1) is 8.32. The van der Waals surface area contributed by atoms with Gasteiger partial charge in [0.15, 0.2) is 0 Å². The van der Waals surface area contributed by atoms with Crippen LogP contribution in [0.2, 0.25) is 0 Å². The van der Waals surface area contributed by atoms with Gasteiger partial charge in [0.05, 0.1) is 0 Å². The molecule has 0 aromatic carbocycles. The first kappa shape index (κ1) is 15.9. The molecule has 1 aliphatic heterocycles. The van der Waals surface area contributed by atoms with Crippen molar-refractivity contribution in [3.63, 3.8) is 0 Å². The predicted octanol–water partition coefficient (Wildman–Crippen LogP) is 2.18. The van der Waals surface area contributed by atoms with Crippen molar-refractivity contribution < 1.29 is 0 Å². The molecule has 0 aromatic rings. The van der Waals surface area contributed by atoms with E-state index in [1.807, 2.05) is 0 Å². The predicted molar refractivity (Wildman–Crippen MR) is 80.1 cm³/mol. The summed E-state index contributed by atoms with van der Waals surface area (Å²) in [5.41, 5.74) is 0.279. The van der Waals surface area contributed by atoms with Gasteiger partial charge in [-0.15, -0.1) is 0 Å². The molecule has 3 nitrogen and oxygen atoms in total. The van der Waals surface area contributed by atoms with Crippen LogP contribution in [0, 0.1) is 0 Å². The molecule has 108 valence electrons. The van der Waals surface area contributed by atoms with E-state index in [0.29, 0.717) is 12.1 Å². The van der Waals surface area contributed by atoms with Crippen molar-refractivity contribution in [2.45, 2.75) is 65.1 Å². The Labute approximate surface area is 114 Å². The Hall–Kier alpha value is -0.120. The van der Waals surface area contributed by atoms with Crippen LogP contribution in [-0.2, 0) is 0 Å². The third-order valence-electron chi connectivity index (χ3n) is 4.19. The minimum Gasteiger partial charge on any atom is -0.309 e. The fourth-order valence-electron chi connectivity index (χ4n) is 2.51. The van der Waals surface area contributed by atoms with E-state index < -0.39 is 0 Å². The third-order valence-corrected chi connectivity index (χ3v) is 4.19. The maximum absolute atomic E-state index is 3.61. The molecule has 1 unspecified atom stereocenters. The van der Waals surface area contributed by atoms with Crippen LogP contribution in [0.25, 0.3) is 0 Å². The molecule has 1 saturated heterocycles. The molecule has 0 amide bonds. The van der Waals surface area contributed by atoms with Crippen molar-refractivity contribution in [3.05, 3.63) is 0 Å². The van der Waals surface area contributed by atoms with E-state index in [0.717, 1.165) is 6.54 Å². The Bertz CT molecular complexity index is 238.